The monoisotopic (exact) mass is 787 g/mol. The van der Waals surface area contributed by atoms with Crippen LogP contribution in [0.25, 0.3) is 33.1 Å². The Morgan fingerprint density at radius 2 is 1.91 bits per heavy atom. The first kappa shape index (κ1) is 37.3. The molecule has 0 saturated carbocycles. The quantitative estimate of drug-likeness (QED) is 0.158. The molecule has 0 unspecified atom stereocenters. The van der Waals surface area contributed by atoms with Crippen molar-refractivity contribution in [2.24, 2.45) is 11.3 Å². The predicted molar refractivity (Wildman–Crippen MR) is 202 cm³/mol. The number of H-pyrrole nitrogens is 1. The second-order valence-electron chi connectivity index (χ2n) is 16.2. The van der Waals surface area contributed by atoms with Crippen LogP contribution < -0.4 is 21.0 Å². The highest BCUT2D eigenvalue weighted by molar-refractivity contribution is 6.01. The van der Waals surface area contributed by atoms with Crippen molar-refractivity contribution in [1.82, 2.24) is 29.7 Å². The third-order valence-corrected chi connectivity index (χ3v) is 12.6. The second kappa shape index (κ2) is 14.0. The van der Waals surface area contributed by atoms with Crippen molar-refractivity contribution >= 4 is 27.5 Å². The molecule has 12 nitrogen and oxygen atoms in total. The van der Waals surface area contributed by atoms with Crippen molar-refractivity contribution in [3.8, 4) is 29.7 Å². The minimum absolute atomic E-state index is 0.0153. The van der Waals surface area contributed by atoms with Gasteiger partial charge in [-0.05, 0) is 70.5 Å². The zero-order valence-electron chi connectivity index (χ0n) is 31.7. The molecule has 57 heavy (non-hydrogen) atoms. The fourth-order valence-electron chi connectivity index (χ4n) is 9.97. The van der Waals surface area contributed by atoms with E-state index in [2.05, 4.69) is 25.7 Å². The summed E-state index contributed by atoms with van der Waals surface area (Å²) in [6, 6.07) is 3.58. The molecule has 298 valence electrons. The number of benzene rings is 1. The van der Waals surface area contributed by atoms with Crippen molar-refractivity contribution in [2.45, 2.75) is 83.5 Å². The average molecular weight is 788 g/mol. The Bertz CT molecular complexity index is 2590. The number of nitrogens with one attached hydrogen (secondary N) is 1. The van der Waals surface area contributed by atoms with Crippen LogP contribution in [0.4, 0.5) is 23.4 Å². The summed E-state index contributed by atoms with van der Waals surface area (Å²) in [6.07, 6.45) is 6.94. The smallest absolute Gasteiger partial charge is 0.463 e. The summed E-state index contributed by atoms with van der Waals surface area (Å²) in [5, 5.41) is 0.799. The molecule has 1 aromatic carbocycles. The van der Waals surface area contributed by atoms with Crippen molar-refractivity contribution in [3.63, 3.8) is 0 Å². The number of aryl methyl sites for hydroxylation is 2. The molecule has 4 aliphatic heterocycles. The van der Waals surface area contributed by atoms with Gasteiger partial charge in [-0.15, -0.1) is 6.42 Å². The maximum atomic E-state index is 17.5. The zero-order valence-corrected chi connectivity index (χ0v) is 31.7. The summed E-state index contributed by atoms with van der Waals surface area (Å²) in [4.78, 5) is 48.5. The molecular weight excluding hydrogens is 746 g/mol. The van der Waals surface area contributed by atoms with Crippen LogP contribution in [0.1, 0.15) is 61.8 Å². The summed E-state index contributed by atoms with van der Waals surface area (Å²) in [7, 11) is 1.87. The number of alkyl halides is 2. The SMILES string of the molecule is C#Cc1c(F)ccc2cc(=O)[nH]c(-c3nc4c5c(nc(OC[C@]6(C)CN(C)CC[C@@H]6C(F)F)nc5c3F)N3C[C@H]5CC[C@@H]([C@H]3CCC4)N5Cc3oc(=O)oc3C)c12. The Morgan fingerprint density at radius 3 is 2.67 bits per heavy atom. The number of likely N-dealkylation sites (tertiary alicyclic amines) is 1. The number of pyridine rings is 2. The fourth-order valence-corrected chi connectivity index (χ4v) is 9.97. The molecule has 5 aromatic rings. The third kappa shape index (κ3) is 6.26. The van der Waals surface area contributed by atoms with Crippen LogP contribution in [0.2, 0.25) is 0 Å². The summed E-state index contributed by atoms with van der Waals surface area (Å²) in [5.74, 6) is 0.352. The lowest BCUT2D eigenvalue weighted by Gasteiger charge is -2.48. The number of rotatable bonds is 7. The largest absolute Gasteiger partial charge is 0.519 e. The molecule has 2 bridgehead atoms. The topological polar surface area (TPSA) is 134 Å². The lowest BCUT2D eigenvalue weighted by atomic mass is 9.73. The van der Waals surface area contributed by atoms with Gasteiger partial charge in [0.1, 0.15) is 28.6 Å². The molecule has 3 fully saturated rings. The normalized spacial score (nSPS) is 25.1. The highest BCUT2D eigenvalue weighted by atomic mass is 19.3. The molecule has 4 aromatic heterocycles. The van der Waals surface area contributed by atoms with Gasteiger partial charge in [-0.25, -0.2) is 27.3 Å². The number of halogens is 4. The number of nitrogens with zero attached hydrogens (tertiary/aromatic N) is 6. The van der Waals surface area contributed by atoms with E-state index < -0.39 is 40.8 Å². The Balaban J connectivity index is 1.21. The van der Waals surface area contributed by atoms with Gasteiger partial charge in [0.2, 0.25) is 12.0 Å². The first-order valence-corrected chi connectivity index (χ1v) is 19.3. The summed E-state index contributed by atoms with van der Waals surface area (Å²) < 4.78 is 78.2. The van der Waals surface area contributed by atoms with Crippen LogP contribution in [0.3, 0.4) is 0 Å². The lowest BCUT2D eigenvalue weighted by molar-refractivity contribution is -0.0679. The van der Waals surface area contributed by atoms with Gasteiger partial charge in [0, 0.05) is 54.0 Å². The molecule has 9 rings (SSSR count). The molecule has 8 heterocycles. The Hall–Kier alpha value is -5.27. The highest BCUT2D eigenvalue weighted by Gasteiger charge is 2.49. The first-order chi connectivity index (χ1) is 27.3. The standard InChI is InChI=1S/C41H41F4N7O5/c1-5-23-25(42)11-9-21-15-30(53)47-35(31(21)23)36-33(43)34-32-26(46-36)7-6-8-27-28-12-10-22(51(28)17-29-20(2)56-40(54)57-29)16-52(27)38(32)49-39(48-34)55-19-41(3)18-50(4)14-13-24(41)37(44)45/h1,9,11,15,22,24,27-28,37H,6-8,10,12-14,16-19H2,2-4H3,(H,47,53)/t22-,24-,27-,28+,41+/m1/s1. The van der Waals surface area contributed by atoms with E-state index in [1.807, 2.05) is 11.9 Å². The van der Waals surface area contributed by atoms with Crippen molar-refractivity contribution < 1.29 is 31.1 Å². The van der Waals surface area contributed by atoms with E-state index in [1.165, 1.54) is 12.1 Å². The maximum Gasteiger partial charge on any atom is 0.519 e. The molecule has 5 atom stereocenters. The number of anilines is 1. The summed E-state index contributed by atoms with van der Waals surface area (Å²) in [6.45, 7) is 5.07. The third-order valence-electron chi connectivity index (χ3n) is 12.6. The first-order valence-electron chi connectivity index (χ1n) is 19.3. The van der Waals surface area contributed by atoms with Gasteiger partial charge in [0.05, 0.1) is 35.5 Å². The molecule has 0 aliphatic carbocycles. The number of piperidine rings is 1. The van der Waals surface area contributed by atoms with E-state index in [0.29, 0.717) is 79.2 Å². The second-order valence-corrected chi connectivity index (χ2v) is 16.2. The van der Waals surface area contributed by atoms with E-state index in [9.17, 15) is 18.4 Å². The fraction of sp³-hybridized carbons (Fsp3) is 0.488. The Kier molecular flexibility index (Phi) is 9.15. The number of aromatic nitrogens is 4. The van der Waals surface area contributed by atoms with Gasteiger partial charge in [-0.3, -0.25) is 9.69 Å². The van der Waals surface area contributed by atoms with E-state index in [-0.39, 0.29) is 65.0 Å². The molecule has 0 amide bonds. The molecule has 0 spiro atoms. The minimum Gasteiger partial charge on any atom is -0.463 e. The van der Waals surface area contributed by atoms with Gasteiger partial charge >= 0.3 is 11.8 Å². The molecule has 16 heteroatoms. The molecular formula is C41H41F4N7O5. The molecule has 0 radical (unpaired) electrons. The van der Waals surface area contributed by atoms with Crippen LogP contribution in [0, 0.1) is 42.2 Å². The Morgan fingerprint density at radius 1 is 1.09 bits per heavy atom. The van der Waals surface area contributed by atoms with Crippen LogP contribution in [0.5, 0.6) is 6.01 Å². The molecule has 4 aliphatic rings. The zero-order chi connectivity index (χ0) is 39.9. The number of terminal acetylenes is 1. The maximum absolute atomic E-state index is 17.5. The van der Waals surface area contributed by atoms with E-state index in [1.54, 1.807) is 13.8 Å². The number of hydrogen-bond donors (Lipinski definition) is 1. The lowest BCUT2D eigenvalue weighted by Crippen LogP contribution is -2.60. The number of aromatic amines is 1. The van der Waals surface area contributed by atoms with E-state index in [4.69, 9.17) is 30.0 Å². The van der Waals surface area contributed by atoms with Crippen LogP contribution >= 0.6 is 0 Å². The van der Waals surface area contributed by atoms with Crippen molar-refractivity contribution in [2.75, 3.05) is 38.2 Å². The molecule has 1 N–H and O–H groups in total. The van der Waals surface area contributed by atoms with Crippen molar-refractivity contribution in [3.05, 3.63) is 73.6 Å². The average Bonchev–Trinajstić information content (AvgIpc) is 3.64. The van der Waals surface area contributed by atoms with Gasteiger partial charge in [-0.2, -0.15) is 9.97 Å². The molecule has 3 saturated heterocycles. The number of hydrogen-bond acceptors (Lipinski definition) is 11. The Labute approximate surface area is 324 Å². The predicted octanol–water partition coefficient (Wildman–Crippen LogP) is 5.81. The summed E-state index contributed by atoms with van der Waals surface area (Å²) in [5.41, 5.74) is -1.70. The summed E-state index contributed by atoms with van der Waals surface area (Å²) >= 11 is 0. The van der Waals surface area contributed by atoms with E-state index >= 15 is 8.78 Å². The number of ether oxygens (including phenoxy) is 1. The van der Waals surface area contributed by atoms with Gasteiger partial charge in [-0.1, -0.05) is 18.9 Å². The number of fused-ring (bicyclic) bond motifs is 6. The van der Waals surface area contributed by atoms with Crippen LogP contribution in [-0.4, -0.2) is 87.6 Å². The minimum atomic E-state index is -2.57. The van der Waals surface area contributed by atoms with E-state index in [0.717, 1.165) is 18.9 Å². The van der Waals surface area contributed by atoms with Gasteiger partial charge in [0.25, 0.3) is 0 Å². The highest BCUT2D eigenvalue weighted by Crippen LogP contribution is 2.45. The van der Waals surface area contributed by atoms with Gasteiger partial charge < -0.3 is 28.4 Å². The van der Waals surface area contributed by atoms with Gasteiger partial charge in [0.15, 0.2) is 11.6 Å². The van der Waals surface area contributed by atoms with Crippen LogP contribution in [0.15, 0.2) is 36.6 Å². The number of piperazine rings is 1. The van der Waals surface area contributed by atoms with Crippen molar-refractivity contribution in [1.29, 1.82) is 0 Å². The van der Waals surface area contributed by atoms with Crippen LogP contribution in [-0.2, 0) is 13.0 Å².